The summed E-state index contributed by atoms with van der Waals surface area (Å²) in [6, 6.07) is 5.54. The fourth-order valence-corrected chi connectivity index (χ4v) is 2.33. The summed E-state index contributed by atoms with van der Waals surface area (Å²) in [6.07, 6.45) is 5.56. The molecule has 3 rings (SSSR count). The molecule has 0 unspecified atom stereocenters. The van der Waals surface area contributed by atoms with Gasteiger partial charge in [-0.2, -0.15) is 5.26 Å². The molecular weight excluding hydrogens is 252 g/mol. The quantitative estimate of drug-likeness (QED) is 0.732. The molecule has 20 heavy (non-hydrogen) atoms. The van der Waals surface area contributed by atoms with Gasteiger partial charge in [0, 0.05) is 35.4 Å². The summed E-state index contributed by atoms with van der Waals surface area (Å²) in [5.74, 6) is 0. The maximum absolute atomic E-state index is 11.6. The maximum atomic E-state index is 11.6. The van der Waals surface area contributed by atoms with E-state index in [2.05, 4.69) is 9.97 Å². The van der Waals surface area contributed by atoms with Gasteiger partial charge in [-0.05, 0) is 31.5 Å². The molecule has 3 heterocycles. The molecule has 3 aromatic heterocycles. The van der Waals surface area contributed by atoms with Gasteiger partial charge in [0.1, 0.15) is 17.3 Å². The Labute approximate surface area is 115 Å². The topological polar surface area (TPSA) is 74.0 Å². The highest BCUT2D eigenvalue weighted by molar-refractivity contribution is 5.71. The van der Waals surface area contributed by atoms with Crippen molar-refractivity contribution < 1.29 is 0 Å². The van der Waals surface area contributed by atoms with E-state index in [4.69, 9.17) is 5.26 Å². The highest BCUT2D eigenvalue weighted by Gasteiger charge is 2.11. The Morgan fingerprint density at radius 1 is 1.30 bits per heavy atom. The maximum Gasteiger partial charge on any atom is 0.266 e. The molecule has 5 heteroatoms. The van der Waals surface area contributed by atoms with Crippen LogP contribution in [0.5, 0.6) is 0 Å². The minimum atomic E-state index is -0.352. The molecule has 0 aliphatic carbocycles. The monoisotopic (exact) mass is 264 g/mol. The Morgan fingerprint density at radius 3 is 2.85 bits per heavy atom. The van der Waals surface area contributed by atoms with Crippen LogP contribution in [-0.4, -0.2) is 14.4 Å². The van der Waals surface area contributed by atoms with E-state index in [9.17, 15) is 4.79 Å². The van der Waals surface area contributed by atoms with Gasteiger partial charge in [-0.1, -0.05) is 0 Å². The van der Waals surface area contributed by atoms with Crippen molar-refractivity contribution in [3.63, 3.8) is 0 Å². The van der Waals surface area contributed by atoms with E-state index in [1.54, 1.807) is 12.3 Å². The second-order valence-electron chi connectivity index (χ2n) is 4.73. The number of H-pyrrole nitrogens is 1. The number of fused-ring (bicyclic) bond motifs is 1. The van der Waals surface area contributed by atoms with E-state index in [0.29, 0.717) is 0 Å². The zero-order valence-electron chi connectivity index (χ0n) is 11.1. The van der Waals surface area contributed by atoms with Crippen LogP contribution in [0.25, 0.3) is 16.8 Å². The van der Waals surface area contributed by atoms with Crippen LogP contribution in [0.3, 0.4) is 0 Å². The van der Waals surface area contributed by atoms with Crippen molar-refractivity contribution in [2.75, 3.05) is 0 Å². The molecule has 98 valence electrons. The molecule has 0 aliphatic rings. The van der Waals surface area contributed by atoms with Crippen LogP contribution in [0.4, 0.5) is 0 Å². The summed E-state index contributed by atoms with van der Waals surface area (Å²) in [6.45, 7) is 3.82. The number of nitrogens with zero attached hydrogens (tertiary/aromatic N) is 3. The van der Waals surface area contributed by atoms with Gasteiger partial charge in [-0.15, -0.1) is 0 Å². The summed E-state index contributed by atoms with van der Waals surface area (Å²) < 4.78 is 1.92. The lowest BCUT2D eigenvalue weighted by Crippen LogP contribution is -2.12. The van der Waals surface area contributed by atoms with Crippen molar-refractivity contribution in [2.24, 2.45) is 0 Å². The van der Waals surface area contributed by atoms with E-state index >= 15 is 0 Å². The van der Waals surface area contributed by atoms with Crippen LogP contribution >= 0.6 is 0 Å². The Kier molecular flexibility index (Phi) is 2.65. The molecule has 3 aromatic rings. The van der Waals surface area contributed by atoms with E-state index < -0.39 is 0 Å². The van der Waals surface area contributed by atoms with Gasteiger partial charge in [0.15, 0.2) is 0 Å². The lowest BCUT2D eigenvalue weighted by atomic mass is 10.0. The van der Waals surface area contributed by atoms with Crippen LogP contribution in [0, 0.1) is 25.2 Å². The zero-order valence-corrected chi connectivity index (χ0v) is 11.1. The number of rotatable bonds is 1. The first-order valence-corrected chi connectivity index (χ1v) is 6.18. The Bertz CT molecular complexity index is 912. The number of nitrogens with one attached hydrogen (secondary N) is 1. The van der Waals surface area contributed by atoms with Gasteiger partial charge in [0.05, 0.1) is 0 Å². The lowest BCUT2D eigenvalue weighted by Gasteiger charge is -2.10. The lowest BCUT2D eigenvalue weighted by molar-refractivity contribution is 1.12. The fraction of sp³-hybridized carbons (Fsp3) is 0.133. The third-order valence-corrected chi connectivity index (χ3v) is 3.39. The fourth-order valence-electron chi connectivity index (χ4n) is 2.33. The SMILES string of the molecule is Cc1cc2nccn2cc1-c1cc(C#N)c(=O)[nH]c1C. The smallest absolute Gasteiger partial charge is 0.266 e. The molecule has 0 saturated carbocycles. The second kappa shape index (κ2) is 4.35. The average Bonchev–Trinajstić information content (AvgIpc) is 2.85. The second-order valence-corrected chi connectivity index (χ2v) is 4.73. The Hall–Kier alpha value is -2.87. The standard InChI is InChI=1S/C15H12N4O/c1-9-5-14-17-3-4-19(14)8-13(9)12-6-11(7-16)15(20)18-10(12)2/h3-6,8H,1-2H3,(H,18,20). The molecule has 0 atom stereocenters. The average molecular weight is 264 g/mol. The molecular formula is C15H12N4O. The normalized spacial score (nSPS) is 10.7. The summed E-state index contributed by atoms with van der Waals surface area (Å²) in [7, 11) is 0. The van der Waals surface area contributed by atoms with Crippen LogP contribution < -0.4 is 5.56 Å². The van der Waals surface area contributed by atoms with Gasteiger partial charge < -0.3 is 9.38 Å². The van der Waals surface area contributed by atoms with Crippen LogP contribution in [0.2, 0.25) is 0 Å². The van der Waals surface area contributed by atoms with Crippen molar-refractivity contribution in [3.05, 3.63) is 57.9 Å². The van der Waals surface area contributed by atoms with Crippen molar-refractivity contribution in [1.29, 1.82) is 5.26 Å². The summed E-state index contributed by atoms with van der Waals surface area (Å²) in [5.41, 5.74) is 4.26. The number of aromatic nitrogens is 3. The Balaban J connectivity index is 2.32. The van der Waals surface area contributed by atoms with Gasteiger partial charge >= 0.3 is 0 Å². The van der Waals surface area contributed by atoms with Crippen molar-refractivity contribution in [3.8, 4) is 17.2 Å². The third kappa shape index (κ3) is 1.79. The zero-order chi connectivity index (χ0) is 14.3. The number of aromatic amines is 1. The summed E-state index contributed by atoms with van der Waals surface area (Å²) >= 11 is 0. The summed E-state index contributed by atoms with van der Waals surface area (Å²) in [5, 5.41) is 9.00. The molecule has 0 radical (unpaired) electrons. The number of imidazole rings is 1. The molecule has 1 N–H and O–H groups in total. The van der Waals surface area contributed by atoms with Crippen LogP contribution in [-0.2, 0) is 0 Å². The number of hydrogen-bond acceptors (Lipinski definition) is 3. The first-order chi connectivity index (χ1) is 9.60. The molecule has 0 saturated heterocycles. The molecule has 0 bridgehead atoms. The number of pyridine rings is 2. The van der Waals surface area contributed by atoms with E-state index in [-0.39, 0.29) is 11.1 Å². The first-order valence-electron chi connectivity index (χ1n) is 6.18. The van der Waals surface area contributed by atoms with Gasteiger partial charge in [0.2, 0.25) is 0 Å². The molecule has 0 fully saturated rings. The number of aryl methyl sites for hydroxylation is 2. The molecule has 0 aromatic carbocycles. The van der Waals surface area contributed by atoms with Crippen molar-refractivity contribution in [2.45, 2.75) is 13.8 Å². The number of nitriles is 1. The molecule has 0 amide bonds. The van der Waals surface area contributed by atoms with E-state index in [0.717, 1.165) is 28.0 Å². The molecule has 0 aliphatic heterocycles. The van der Waals surface area contributed by atoms with Crippen molar-refractivity contribution >= 4 is 5.65 Å². The minimum absolute atomic E-state index is 0.121. The predicted octanol–water partition coefficient (Wildman–Crippen LogP) is 2.18. The number of hydrogen-bond donors (Lipinski definition) is 1. The van der Waals surface area contributed by atoms with E-state index in [1.807, 2.05) is 42.8 Å². The third-order valence-electron chi connectivity index (χ3n) is 3.39. The predicted molar refractivity (Wildman–Crippen MR) is 75.4 cm³/mol. The van der Waals surface area contributed by atoms with Crippen LogP contribution in [0.1, 0.15) is 16.8 Å². The Morgan fingerprint density at radius 2 is 2.10 bits per heavy atom. The molecule has 0 spiro atoms. The van der Waals surface area contributed by atoms with E-state index in [1.165, 1.54) is 0 Å². The van der Waals surface area contributed by atoms with Gasteiger partial charge in [-0.25, -0.2) is 4.98 Å². The van der Waals surface area contributed by atoms with Gasteiger partial charge in [0.25, 0.3) is 5.56 Å². The first kappa shape index (κ1) is 12.2. The minimum Gasteiger partial charge on any atom is -0.325 e. The van der Waals surface area contributed by atoms with Gasteiger partial charge in [-0.3, -0.25) is 4.79 Å². The highest BCUT2D eigenvalue weighted by atomic mass is 16.1. The largest absolute Gasteiger partial charge is 0.325 e. The highest BCUT2D eigenvalue weighted by Crippen LogP contribution is 2.26. The van der Waals surface area contributed by atoms with Crippen LogP contribution in [0.15, 0.2) is 35.5 Å². The summed E-state index contributed by atoms with van der Waals surface area (Å²) in [4.78, 5) is 18.6. The molecule has 5 nitrogen and oxygen atoms in total. The van der Waals surface area contributed by atoms with Crippen molar-refractivity contribution in [1.82, 2.24) is 14.4 Å².